The van der Waals surface area contributed by atoms with Crippen LogP contribution in [0, 0.1) is 0 Å². The second kappa shape index (κ2) is 5.38. The summed E-state index contributed by atoms with van der Waals surface area (Å²) in [7, 11) is 0. The maximum atomic E-state index is 3.27. The molecule has 0 spiro atoms. The summed E-state index contributed by atoms with van der Waals surface area (Å²) in [6.07, 6.45) is 4.58. The van der Waals surface area contributed by atoms with E-state index in [0.29, 0.717) is 6.04 Å². The highest BCUT2D eigenvalue weighted by Gasteiger charge is 2.25. The van der Waals surface area contributed by atoms with Gasteiger partial charge >= 0.3 is 0 Å². The highest BCUT2D eigenvalue weighted by Crippen LogP contribution is 2.34. The number of nitrogens with zero attached hydrogens (tertiary/aromatic N) is 1. The number of rotatable bonds is 3. The van der Waals surface area contributed by atoms with E-state index in [1.807, 2.05) is 6.20 Å². The summed E-state index contributed by atoms with van der Waals surface area (Å²) < 4.78 is 0. The van der Waals surface area contributed by atoms with Gasteiger partial charge in [-0.1, -0.05) is 36.4 Å². The van der Waals surface area contributed by atoms with Crippen molar-refractivity contribution in [1.82, 2.24) is 9.88 Å². The van der Waals surface area contributed by atoms with E-state index in [-0.39, 0.29) is 0 Å². The first-order chi connectivity index (χ1) is 10.4. The molecule has 0 amide bonds. The number of benzene rings is 2. The summed E-state index contributed by atoms with van der Waals surface area (Å²) in [4.78, 5) is 5.89. The standard InChI is InChI=1S/C19H20N2/c1-2-5-15(6-3-1)14-21-12-4-7-19(21)17-8-9-18-16(13-17)10-11-20-18/h1-3,5-6,8-11,13,19-20H,4,7,12,14H2/t19-/m0/s1. The first-order valence-electron chi connectivity index (χ1n) is 7.75. The van der Waals surface area contributed by atoms with Crippen LogP contribution in [0.25, 0.3) is 10.9 Å². The lowest BCUT2D eigenvalue weighted by Gasteiger charge is -2.25. The monoisotopic (exact) mass is 276 g/mol. The lowest BCUT2D eigenvalue weighted by molar-refractivity contribution is 0.248. The van der Waals surface area contributed by atoms with Gasteiger partial charge in [0.05, 0.1) is 0 Å². The van der Waals surface area contributed by atoms with E-state index in [2.05, 4.69) is 64.5 Å². The summed E-state index contributed by atoms with van der Waals surface area (Å²) in [6.45, 7) is 2.25. The van der Waals surface area contributed by atoms with Crippen molar-refractivity contribution in [3.05, 3.63) is 71.9 Å². The third kappa shape index (κ3) is 2.47. The Morgan fingerprint density at radius 2 is 1.95 bits per heavy atom. The Morgan fingerprint density at radius 1 is 1.05 bits per heavy atom. The van der Waals surface area contributed by atoms with E-state index >= 15 is 0 Å². The highest BCUT2D eigenvalue weighted by atomic mass is 15.2. The summed E-state index contributed by atoms with van der Waals surface area (Å²) in [5, 5.41) is 1.32. The van der Waals surface area contributed by atoms with Gasteiger partial charge in [0.2, 0.25) is 0 Å². The van der Waals surface area contributed by atoms with Crippen molar-refractivity contribution >= 4 is 10.9 Å². The van der Waals surface area contributed by atoms with Gasteiger partial charge in [-0.3, -0.25) is 4.90 Å². The van der Waals surface area contributed by atoms with Crippen LogP contribution in [0.2, 0.25) is 0 Å². The topological polar surface area (TPSA) is 19.0 Å². The van der Waals surface area contributed by atoms with E-state index in [4.69, 9.17) is 0 Å². The fourth-order valence-corrected chi connectivity index (χ4v) is 3.49. The SMILES string of the molecule is c1ccc(CN2CCC[C@H]2c2ccc3[nH]ccc3c2)cc1. The number of H-pyrrole nitrogens is 1. The number of aromatic nitrogens is 1. The van der Waals surface area contributed by atoms with Gasteiger partial charge in [-0.25, -0.2) is 0 Å². The Morgan fingerprint density at radius 3 is 2.86 bits per heavy atom. The molecule has 1 N–H and O–H groups in total. The molecular formula is C19H20N2. The maximum Gasteiger partial charge on any atom is 0.0454 e. The molecule has 1 atom stereocenters. The average Bonchev–Trinajstić information content (AvgIpc) is 3.16. The van der Waals surface area contributed by atoms with Crippen LogP contribution in [0.15, 0.2) is 60.8 Å². The van der Waals surface area contributed by atoms with Crippen LogP contribution in [0.4, 0.5) is 0 Å². The molecule has 21 heavy (non-hydrogen) atoms. The predicted octanol–water partition coefficient (Wildman–Crippen LogP) is 4.51. The Kier molecular flexibility index (Phi) is 3.24. The van der Waals surface area contributed by atoms with Crippen LogP contribution < -0.4 is 0 Å². The summed E-state index contributed by atoms with van der Waals surface area (Å²) in [6, 6.07) is 20.4. The van der Waals surface area contributed by atoms with Crippen LogP contribution in [0.3, 0.4) is 0 Å². The van der Waals surface area contributed by atoms with Crippen LogP contribution in [0.5, 0.6) is 0 Å². The second-order valence-electron chi connectivity index (χ2n) is 5.94. The molecule has 0 aliphatic carbocycles. The molecule has 2 nitrogen and oxygen atoms in total. The molecule has 1 aliphatic heterocycles. The van der Waals surface area contributed by atoms with Gasteiger partial charge in [0.25, 0.3) is 0 Å². The first kappa shape index (κ1) is 12.7. The summed E-state index contributed by atoms with van der Waals surface area (Å²) in [5.41, 5.74) is 4.09. The van der Waals surface area contributed by atoms with Crippen LogP contribution >= 0.6 is 0 Å². The van der Waals surface area contributed by atoms with Gasteiger partial charge in [-0.15, -0.1) is 0 Å². The highest BCUT2D eigenvalue weighted by molar-refractivity contribution is 5.80. The number of nitrogens with one attached hydrogen (secondary N) is 1. The smallest absolute Gasteiger partial charge is 0.0454 e. The Labute approximate surface area is 125 Å². The van der Waals surface area contributed by atoms with Crippen molar-refractivity contribution in [2.75, 3.05) is 6.54 Å². The Balaban J connectivity index is 1.60. The van der Waals surface area contributed by atoms with E-state index in [0.717, 1.165) is 6.54 Å². The Bertz CT molecular complexity index is 729. The fourth-order valence-electron chi connectivity index (χ4n) is 3.49. The van der Waals surface area contributed by atoms with Crippen molar-refractivity contribution in [3.8, 4) is 0 Å². The molecule has 0 unspecified atom stereocenters. The van der Waals surface area contributed by atoms with E-state index < -0.39 is 0 Å². The quantitative estimate of drug-likeness (QED) is 0.746. The third-order valence-electron chi connectivity index (χ3n) is 4.55. The summed E-state index contributed by atoms with van der Waals surface area (Å²) >= 11 is 0. The second-order valence-corrected chi connectivity index (χ2v) is 5.94. The van der Waals surface area contributed by atoms with E-state index in [1.54, 1.807) is 0 Å². The number of fused-ring (bicyclic) bond motifs is 1. The molecule has 4 rings (SSSR count). The molecular weight excluding hydrogens is 256 g/mol. The lowest BCUT2D eigenvalue weighted by atomic mass is 10.0. The predicted molar refractivity (Wildman–Crippen MR) is 87.1 cm³/mol. The molecule has 1 aromatic heterocycles. The van der Waals surface area contributed by atoms with Gasteiger partial charge in [0.1, 0.15) is 0 Å². The molecule has 2 heterocycles. The molecule has 1 saturated heterocycles. The molecule has 2 aromatic carbocycles. The minimum absolute atomic E-state index is 0.560. The first-order valence-corrected chi connectivity index (χ1v) is 7.75. The lowest BCUT2D eigenvalue weighted by Crippen LogP contribution is -2.22. The van der Waals surface area contributed by atoms with Gasteiger partial charge in [0, 0.05) is 24.3 Å². The number of aromatic amines is 1. The van der Waals surface area contributed by atoms with Crippen LogP contribution in [-0.4, -0.2) is 16.4 Å². The minimum Gasteiger partial charge on any atom is -0.361 e. The average molecular weight is 276 g/mol. The van der Waals surface area contributed by atoms with Gasteiger partial charge in [-0.05, 0) is 54.1 Å². The molecule has 0 bridgehead atoms. The molecule has 106 valence electrons. The molecule has 0 radical (unpaired) electrons. The zero-order valence-electron chi connectivity index (χ0n) is 12.1. The fraction of sp³-hybridized carbons (Fsp3) is 0.263. The minimum atomic E-state index is 0.560. The number of hydrogen-bond acceptors (Lipinski definition) is 1. The largest absolute Gasteiger partial charge is 0.361 e. The van der Waals surface area contributed by atoms with Crippen molar-refractivity contribution in [2.45, 2.75) is 25.4 Å². The Hall–Kier alpha value is -2.06. The molecule has 0 saturated carbocycles. The number of likely N-dealkylation sites (tertiary alicyclic amines) is 1. The number of hydrogen-bond donors (Lipinski definition) is 1. The normalized spacial score (nSPS) is 19.3. The van der Waals surface area contributed by atoms with Crippen molar-refractivity contribution in [2.24, 2.45) is 0 Å². The van der Waals surface area contributed by atoms with Crippen molar-refractivity contribution in [1.29, 1.82) is 0 Å². The summed E-state index contributed by atoms with van der Waals surface area (Å²) in [5.74, 6) is 0. The molecule has 3 aromatic rings. The maximum absolute atomic E-state index is 3.27. The van der Waals surface area contributed by atoms with Crippen LogP contribution in [0.1, 0.15) is 30.0 Å². The van der Waals surface area contributed by atoms with Crippen molar-refractivity contribution < 1.29 is 0 Å². The molecule has 1 fully saturated rings. The molecule has 2 heteroatoms. The molecule has 1 aliphatic rings. The van der Waals surface area contributed by atoms with E-state index in [1.165, 1.54) is 41.4 Å². The van der Waals surface area contributed by atoms with Gasteiger partial charge in [0.15, 0.2) is 0 Å². The van der Waals surface area contributed by atoms with Crippen LogP contribution in [-0.2, 0) is 6.54 Å². The third-order valence-corrected chi connectivity index (χ3v) is 4.55. The zero-order valence-corrected chi connectivity index (χ0v) is 12.1. The zero-order chi connectivity index (χ0) is 14.1. The van der Waals surface area contributed by atoms with Gasteiger partial charge < -0.3 is 4.98 Å². The van der Waals surface area contributed by atoms with Gasteiger partial charge in [-0.2, -0.15) is 0 Å². The van der Waals surface area contributed by atoms with Crippen molar-refractivity contribution in [3.63, 3.8) is 0 Å². The van der Waals surface area contributed by atoms with E-state index in [9.17, 15) is 0 Å².